The Morgan fingerprint density at radius 2 is 1.90 bits per heavy atom. The molecule has 0 aliphatic carbocycles. The first-order valence-electron chi connectivity index (χ1n) is 3.33. The molecule has 0 nitrogen and oxygen atoms in total. The fraction of sp³-hybridized carbons (Fsp3) is 0.444. The van der Waals surface area contributed by atoms with Crippen molar-refractivity contribution >= 4 is 4.73 Å². The summed E-state index contributed by atoms with van der Waals surface area (Å²) in [6.45, 7) is 10.3. The number of allylic oxidation sites excluding steroid dienone is 3. The Balaban J connectivity index is 4.51. The standard InChI is InChI=1S/C9H14.V/c1-6-8(7-2)9(3,4)5;/h1,6-7H,2H2,3-5H3;. The van der Waals surface area contributed by atoms with Gasteiger partial charge in [-0.3, -0.25) is 0 Å². The molecular weight excluding hydrogens is 159 g/mol. The second kappa shape index (κ2) is 3.95. The topological polar surface area (TPSA) is 0 Å². The molecule has 0 saturated heterocycles. The third kappa shape index (κ3) is 3.19. The van der Waals surface area contributed by atoms with Crippen LogP contribution in [0.3, 0.4) is 0 Å². The fourth-order valence-corrected chi connectivity index (χ4v) is 0.955. The van der Waals surface area contributed by atoms with Gasteiger partial charge in [-0.2, -0.15) is 0 Å². The van der Waals surface area contributed by atoms with Crippen molar-refractivity contribution in [3.8, 4) is 0 Å². The summed E-state index contributed by atoms with van der Waals surface area (Å²) >= 11 is 2.43. The molecule has 0 heterocycles. The summed E-state index contributed by atoms with van der Waals surface area (Å²) in [6.07, 6.45) is 3.98. The third-order valence-electron chi connectivity index (χ3n) is 1.34. The molecule has 0 atom stereocenters. The van der Waals surface area contributed by atoms with Crippen LogP contribution in [0.5, 0.6) is 0 Å². The first-order valence-corrected chi connectivity index (χ1v) is 4.13. The van der Waals surface area contributed by atoms with Crippen LogP contribution >= 0.6 is 0 Å². The molecule has 0 aromatic carbocycles. The van der Waals surface area contributed by atoms with Gasteiger partial charge >= 0.3 is 72.2 Å². The average molecular weight is 173 g/mol. The van der Waals surface area contributed by atoms with E-state index in [4.69, 9.17) is 0 Å². The van der Waals surface area contributed by atoms with Gasteiger partial charge in [0, 0.05) is 0 Å². The number of rotatable bonds is 2. The second-order valence-corrected chi connectivity index (χ2v) is 3.69. The second-order valence-electron chi connectivity index (χ2n) is 3.23. The van der Waals surface area contributed by atoms with Crippen molar-refractivity contribution < 1.29 is 17.0 Å². The van der Waals surface area contributed by atoms with Crippen LogP contribution in [0.4, 0.5) is 0 Å². The summed E-state index contributed by atoms with van der Waals surface area (Å²) in [5, 5.41) is 0. The zero-order valence-corrected chi connectivity index (χ0v) is 8.28. The average Bonchev–Trinajstić information content (AvgIpc) is 1.80. The van der Waals surface area contributed by atoms with Gasteiger partial charge < -0.3 is 0 Å². The zero-order chi connectivity index (χ0) is 8.20. The Labute approximate surface area is 72.5 Å². The molecule has 0 aromatic rings. The van der Waals surface area contributed by atoms with Gasteiger partial charge in [-0.1, -0.05) is 0 Å². The maximum absolute atomic E-state index is 3.75. The van der Waals surface area contributed by atoms with E-state index in [0.717, 1.165) is 0 Å². The van der Waals surface area contributed by atoms with Crippen LogP contribution in [0, 0.1) is 5.41 Å². The van der Waals surface area contributed by atoms with E-state index in [2.05, 4.69) is 50.4 Å². The van der Waals surface area contributed by atoms with Crippen molar-refractivity contribution in [3.05, 3.63) is 24.3 Å². The molecule has 0 spiro atoms. The van der Waals surface area contributed by atoms with E-state index in [1.807, 2.05) is 10.8 Å². The maximum atomic E-state index is 3.75. The summed E-state index contributed by atoms with van der Waals surface area (Å²) in [4.78, 5) is 0. The van der Waals surface area contributed by atoms with Crippen molar-refractivity contribution in [3.63, 3.8) is 0 Å². The summed E-state index contributed by atoms with van der Waals surface area (Å²) in [5.74, 6) is 0. The van der Waals surface area contributed by atoms with Crippen LogP contribution in [-0.2, 0) is 17.0 Å². The monoisotopic (exact) mass is 173 g/mol. The molecule has 0 N–H and O–H groups in total. The Hall–Kier alpha value is -0.0656. The SMILES string of the molecule is C=CC(=C[CH]=[V])C(C)(C)C. The normalized spacial score (nSPS) is 12.8. The van der Waals surface area contributed by atoms with Crippen molar-refractivity contribution in [2.75, 3.05) is 0 Å². The summed E-state index contributed by atoms with van der Waals surface area (Å²) < 4.78 is 1.98. The quantitative estimate of drug-likeness (QED) is 0.563. The molecule has 0 aliphatic rings. The van der Waals surface area contributed by atoms with E-state index < -0.39 is 0 Å². The Kier molecular flexibility index (Phi) is 3.92. The van der Waals surface area contributed by atoms with Crippen LogP contribution in [0.25, 0.3) is 0 Å². The Morgan fingerprint density at radius 3 is 2.00 bits per heavy atom. The van der Waals surface area contributed by atoms with Crippen molar-refractivity contribution in [1.82, 2.24) is 0 Å². The van der Waals surface area contributed by atoms with E-state index >= 15 is 0 Å². The van der Waals surface area contributed by atoms with Crippen LogP contribution in [0.15, 0.2) is 24.3 Å². The Morgan fingerprint density at radius 1 is 1.40 bits per heavy atom. The first-order chi connectivity index (χ1) is 4.52. The van der Waals surface area contributed by atoms with Crippen molar-refractivity contribution in [2.45, 2.75) is 20.8 Å². The van der Waals surface area contributed by atoms with Gasteiger partial charge in [-0.25, -0.2) is 0 Å². The molecule has 0 saturated carbocycles. The molecule has 0 bridgehead atoms. The van der Waals surface area contributed by atoms with Crippen LogP contribution < -0.4 is 0 Å². The minimum absolute atomic E-state index is 0.220. The van der Waals surface area contributed by atoms with E-state index in [0.29, 0.717) is 0 Å². The van der Waals surface area contributed by atoms with Crippen LogP contribution in [-0.4, -0.2) is 4.73 Å². The van der Waals surface area contributed by atoms with Gasteiger partial charge in [0.1, 0.15) is 0 Å². The minimum atomic E-state index is 0.220. The summed E-state index contributed by atoms with van der Waals surface area (Å²) in [5.41, 5.74) is 1.49. The number of hydrogen-bond donors (Lipinski definition) is 0. The van der Waals surface area contributed by atoms with E-state index in [-0.39, 0.29) is 5.41 Å². The van der Waals surface area contributed by atoms with Gasteiger partial charge in [0.15, 0.2) is 0 Å². The number of hydrogen-bond acceptors (Lipinski definition) is 0. The predicted molar refractivity (Wildman–Crippen MR) is 43.8 cm³/mol. The van der Waals surface area contributed by atoms with Crippen molar-refractivity contribution in [1.29, 1.82) is 0 Å². The van der Waals surface area contributed by atoms with E-state index in [9.17, 15) is 0 Å². The predicted octanol–water partition coefficient (Wildman–Crippen LogP) is 2.49. The molecule has 0 aromatic heterocycles. The first kappa shape index (κ1) is 9.93. The molecule has 10 heavy (non-hydrogen) atoms. The molecule has 0 radical (unpaired) electrons. The molecule has 0 fully saturated rings. The molecule has 0 aliphatic heterocycles. The van der Waals surface area contributed by atoms with Gasteiger partial charge in [0.25, 0.3) is 0 Å². The fourth-order valence-electron chi connectivity index (χ4n) is 0.705. The van der Waals surface area contributed by atoms with Crippen molar-refractivity contribution in [2.24, 2.45) is 5.41 Å². The van der Waals surface area contributed by atoms with E-state index in [1.54, 1.807) is 0 Å². The third-order valence-corrected chi connectivity index (χ3v) is 1.57. The summed E-state index contributed by atoms with van der Waals surface area (Å²) in [6, 6.07) is 0. The van der Waals surface area contributed by atoms with E-state index in [1.165, 1.54) is 5.57 Å². The van der Waals surface area contributed by atoms with Gasteiger partial charge in [-0.05, 0) is 0 Å². The van der Waals surface area contributed by atoms with Crippen LogP contribution in [0.1, 0.15) is 20.8 Å². The zero-order valence-electron chi connectivity index (χ0n) is 6.89. The molecular formula is C9H14V. The van der Waals surface area contributed by atoms with Gasteiger partial charge in [-0.15, -0.1) is 0 Å². The molecule has 0 amide bonds. The van der Waals surface area contributed by atoms with Crippen LogP contribution in [0.2, 0.25) is 0 Å². The molecule has 0 rings (SSSR count). The molecule has 1 heteroatoms. The van der Waals surface area contributed by atoms with Gasteiger partial charge in [0.05, 0.1) is 0 Å². The molecule has 0 unspecified atom stereocenters. The van der Waals surface area contributed by atoms with Gasteiger partial charge in [0.2, 0.25) is 0 Å². The Bertz CT molecular complexity index is 158. The molecule has 55 valence electrons. The summed E-state index contributed by atoms with van der Waals surface area (Å²) in [7, 11) is 0.